The third-order valence-electron chi connectivity index (χ3n) is 5.76. The van der Waals surface area contributed by atoms with Crippen LogP contribution in [0.2, 0.25) is 0 Å². The quantitative estimate of drug-likeness (QED) is 0.749. The minimum Gasteiger partial charge on any atom is -0.484 e. The number of nitriles is 1. The molecule has 0 radical (unpaired) electrons. The summed E-state index contributed by atoms with van der Waals surface area (Å²) >= 11 is 1.56. The predicted octanol–water partition coefficient (Wildman–Crippen LogP) is 5.18. The maximum absolute atomic E-state index is 12.3. The van der Waals surface area contributed by atoms with Crippen LogP contribution in [0.1, 0.15) is 49.6 Å². The van der Waals surface area contributed by atoms with Crippen LogP contribution in [0.4, 0.5) is 5.00 Å². The van der Waals surface area contributed by atoms with E-state index in [-0.39, 0.29) is 12.5 Å². The molecule has 1 amide bonds. The van der Waals surface area contributed by atoms with Gasteiger partial charge in [-0.15, -0.1) is 11.3 Å². The molecule has 1 heterocycles. The van der Waals surface area contributed by atoms with Gasteiger partial charge in [-0.05, 0) is 48.3 Å². The molecule has 0 aliphatic heterocycles. The lowest BCUT2D eigenvalue weighted by atomic mass is 9.69. The van der Waals surface area contributed by atoms with Gasteiger partial charge in [0.2, 0.25) is 0 Å². The lowest BCUT2D eigenvalue weighted by Gasteiger charge is -2.36. The number of ether oxygens (including phenoxy) is 1. The number of nitrogens with one attached hydrogen (secondary N) is 1. The van der Waals surface area contributed by atoms with Gasteiger partial charge in [-0.1, -0.05) is 45.4 Å². The zero-order valence-corrected chi connectivity index (χ0v) is 17.0. The number of carbonyl (C=O) groups is 1. The van der Waals surface area contributed by atoms with Gasteiger partial charge >= 0.3 is 0 Å². The standard InChI is InChI=1S/C22H26N2O2S/c1-4-22(2,3)15-10-11-17-18(13-23)21(27-19(17)12-15)24-20(25)14-26-16-8-6-5-7-9-16/h5-9,15H,4,10-12,14H2,1-3H3,(H,24,25)/t15-/m0/s1. The number of amides is 1. The molecule has 0 fully saturated rings. The minimum absolute atomic E-state index is 0.0665. The number of hydrogen-bond donors (Lipinski definition) is 1. The van der Waals surface area contributed by atoms with Crippen LogP contribution in [0.3, 0.4) is 0 Å². The van der Waals surface area contributed by atoms with Crippen molar-refractivity contribution in [3.8, 4) is 11.8 Å². The van der Waals surface area contributed by atoms with Crippen molar-refractivity contribution in [3.63, 3.8) is 0 Å². The number of benzene rings is 1. The summed E-state index contributed by atoms with van der Waals surface area (Å²) in [6.45, 7) is 6.82. The number of rotatable bonds is 6. The molecule has 3 rings (SSSR count). The van der Waals surface area contributed by atoms with E-state index in [1.807, 2.05) is 30.3 Å². The Bertz CT molecular complexity index is 849. The van der Waals surface area contributed by atoms with E-state index in [0.29, 0.717) is 27.6 Å². The van der Waals surface area contributed by atoms with Gasteiger partial charge in [0.1, 0.15) is 16.8 Å². The Hall–Kier alpha value is -2.32. The van der Waals surface area contributed by atoms with E-state index in [0.717, 1.165) is 31.2 Å². The minimum atomic E-state index is -0.237. The molecule has 0 saturated carbocycles. The zero-order valence-electron chi connectivity index (χ0n) is 16.2. The van der Waals surface area contributed by atoms with Gasteiger partial charge in [0.15, 0.2) is 6.61 Å². The third kappa shape index (κ3) is 4.33. The first-order valence-corrected chi connectivity index (χ1v) is 10.3. The van der Waals surface area contributed by atoms with Crippen molar-refractivity contribution in [1.29, 1.82) is 5.26 Å². The van der Waals surface area contributed by atoms with E-state index in [1.54, 1.807) is 11.3 Å². The van der Waals surface area contributed by atoms with Crippen LogP contribution in [0, 0.1) is 22.7 Å². The van der Waals surface area contributed by atoms with E-state index in [9.17, 15) is 10.1 Å². The Morgan fingerprint density at radius 1 is 1.37 bits per heavy atom. The molecule has 4 nitrogen and oxygen atoms in total. The summed E-state index contributed by atoms with van der Waals surface area (Å²) in [7, 11) is 0. The van der Waals surface area contributed by atoms with Crippen LogP contribution in [-0.2, 0) is 17.6 Å². The highest BCUT2D eigenvalue weighted by atomic mass is 32.1. The van der Waals surface area contributed by atoms with Crippen molar-refractivity contribution in [3.05, 3.63) is 46.3 Å². The fourth-order valence-corrected chi connectivity index (χ4v) is 4.87. The van der Waals surface area contributed by atoms with Crippen LogP contribution < -0.4 is 10.1 Å². The summed E-state index contributed by atoms with van der Waals surface area (Å²) in [6, 6.07) is 11.6. The maximum atomic E-state index is 12.3. The van der Waals surface area contributed by atoms with Crippen LogP contribution in [0.15, 0.2) is 30.3 Å². The molecule has 1 aromatic heterocycles. The van der Waals surface area contributed by atoms with Crippen molar-refractivity contribution in [2.24, 2.45) is 11.3 Å². The SMILES string of the molecule is CCC(C)(C)[C@H]1CCc2c(sc(NC(=O)COc3ccccc3)c2C#N)C1. The summed E-state index contributed by atoms with van der Waals surface area (Å²) in [5, 5.41) is 13.2. The van der Waals surface area contributed by atoms with Gasteiger partial charge in [0, 0.05) is 4.88 Å². The molecule has 1 aliphatic rings. The van der Waals surface area contributed by atoms with E-state index < -0.39 is 0 Å². The molecule has 0 bridgehead atoms. The molecular formula is C22H26N2O2S. The molecule has 0 unspecified atom stereocenters. The normalized spacial score (nSPS) is 16.3. The second-order valence-corrected chi connectivity index (χ2v) is 8.86. The second-order valence-electron chi connectivity index (χ2n) is 7.75. The molecule has 1 aliphatic carbocycles. The predicted molar refractivity (Wildman–Crippen MR) is 109 cm³/mol. The number of para-hydroxylation sites is 1. The van der Waals surface area contributed by atoms with E-state index in [2.05, 4.69) is 32.2 Å². The molecule has 0 saturated heterocycles. The van der Waals surface area contributed by atoms with E-state index in [1.165, 1.54) is 4.88 Å². The van der Waals surface area contributed by atoms with Crippen LogP contribution >= 0.6 is 11.3 Å². The number of hydrogen-bond acceptors (Lipinski definition) is 4. The highest BCUT2D eigenvalue weighted by Crippen LogP contribution is 2.45. The van der Waals surface area contributed by atoms with Crippen molar-refractivity contribution in [2.45, 2.75) is 46.5 Å². The van der Waals surface area contributed by atoms with Gasteiger partial charge in [-0.3, -0.25) is 4.79 Å². The molecule has 142 valence electrons. The van der Waals surface area contributed by atoms with E-state index >= 15 is 0 Å². The maximum Gasteiger partial charge on any atom is 0.262 e. The summed E-state index contributed by atoms with van der Waals surface area (Å²) in [5.41, 5.74) is 2.06. The third-order valence-corrected chi connectivity index (χ3v) is 6.93. The highest BCUT2D eigenvalue weighted by molar-refractivity contribution is 7.16. The first-order valence-electron chi connectivity index (χ1n) is 9.47. The molecule has 0 spiro atoms. The van der Waals surface area contributed by atoms with Gasteiger partial charge in [0.05, 0.1) is 5.56 Å². The van der Waals surface area contributed by atoms with Crippen LogP contribution in [0.5, 0.6) is 5.75 Å². The first-order chi connectivity index (χ1) is 12.9. The van der Waals surface area contributed by atoms with E-state index in [4.69, 9.17) is 4.74 Å². The summed E-state index contributed by atoms with van der Waals surface area (Å²) in [6.07, 6.45) is 4.15. The van der Waals surface area contributed by atoms with Gasteiger partial charge in [-0.2, -0.15) is 5.26 Å². The van der Waals surface area contributed by atoms with Crippen molar-refractivity contribution in [1.82, 2.24) is 0 Å². The lowest BCUT2D eigenvalue weighted by Crippen LogP contribution is -2.28. The fraction of sp³-hybridized carbons (Fsp3) is 0.455. The number of fused-ring (bicyclic) bond motifs is 1. The monoisotopic (exact) mass is 382 g/mol. The van der Waals surface area contributed by atoms with Crippen molar-refractivity contribution >= 4 is 22.2 Å². The Balaban J connectivity index is 1.70. The number of thiophene rings is 1. The highest BCUT2D eigenvalue weighted by Gasteiger charge is 2.34. The Morgan fingerprint density at radius 3 is 2.78 bits per heavy atom. The zero-order chi connectivity index (χ0) is 19.4. The van der Waals surface area contributed by atoms with Gasteiger partial charge in [-0.25, -0.2) is 0 Å². The summed E-state index contributed by atoms with van der Waals surface area (Å²) in [4.78, 5) is 13.6. The fourth-order valence-electron chi connectivity index (χ4n) is 3.58. The lowest BCUT2D eigenvalue weighted by molar-refractivity contribution is -0.118. The number of nitrogens with zero attached hydrogens (tertiary/aromatic N) is 1. The average molecular weight is 383 g/mol. The van der Waals surface area contributed by atoms with Crippen LogP contribution in [0.25, 0.3) is 0 Å². The number of anilines is 1. The summed E-state index contributed by atoms with van der Waals surface area (Å²) < 4.78 is 5.50. The smallest absolute Gasteiger partial charge is 0.262 e. The van der Waals surface area contributed by atoms with Crippen molar-refractivity contribution in [2.75, 3.05) is 11.9 Å². The Morgan fingerprint density at radius 2 is 2.11 bits per heavy atom. The Labute approximate surface area is 165 Å². The molecule has 27 heavy (non-hydrogen) atoms. The van der Waals surface area contributed by atoms with Gasteiger partial charge < -0.3 is 10.1 Å². The first kappa shape index (κ1) is 19.4. The van der Waals surface area contributed by atoms with Crippen molar-refractivity contribution < 1.29 is 9.53 Å². The topological polar surface area (TPSA) is 62.1 Å². The van der Waals surface area contributed by atoms with Gasteiger partial charge in [0.25, 0.3) is 5.91 Å². The molecule has 1 aromatic carbocycles. The summed E-state index contributed by atoms with van der Waals surface area (Å²) in [5.74, 6) is 1.04. The second kappa shape index (κ2) is 8.14. The molecular weight excluding hydrogens is 356 g/mol. The average Bonchev–Trinajstić information content (AvgIpc) is 3.03. The molecule has 1 N–H and O–H groups in total. The number of carbonyl (C=O) groups excluding carboxylic acids is 1. The van der Waals surface area contributed by atoms with Crippen LogP contribution in [-0.4, -0.2) is 12.5 Å². The molecule has 1 atom stereocenters. The Kier molecular flexibility index (Phi) is 5.86. The largest absolute Gasteiger partial charge is 0.484 e. The molecule has 5 heteroatoms. The molecule has 2 aromatic rings.